The lowest BCUT2D eigenvalue weighted by molar-refractivity contribution is -0.138. The Morgan fingerprint density at radius 1 is 1.04 bits per heavy atom. The van der Waals surface area contributed by atoms with Gasteiger partial charge in [-0.15, -0.1) is 0 Å². The van der Waals surface area contributed by atoms with Crippen molar-refractivity contribution >= 4 is 17.5 Å². The van der Waals surface area contributed by atoms with Crippen molar-refractivity contribution in [2.75, 3.05) is 44.2 Å². The summed E-state index contributed by atoms with van der Waals surface area (Å²) in [7, 11) is 0. The van der Waals surface area contributed by atoms with Gasteiger partial charge in [-0.05, 0) is 30.7 Å². The molecule has 4 rings (SSSR count). The maximum absolute atomic E-state index is 14.8. The van der Waals surface area contributed by atoms with Gasteiger partial charge in [-0.1, -0.05) is 0 Å². The molecule has 152 valence electrons. The number of alkyl halides is 1. The number of piperazine rings is 1. The molecule has 0 aliphatic carbocycles. The molecular formula is C20H27FN4O3. The Hall–Kier alpha value is -2.19. The van der Waals surface area contributed by atoms with Gasteiger partial charge in [0.2, 0.25) is 5.91 Å². The van der Waals surface area contributed by atoms with Crippen molar-refractivity contribution in [2.45, 2.75) is 37.6 Å². The zero-order valence-corrected chi connectivity index (χ0v) is 15.9. The molecular weight excluding hydrogens is 363 g/mol. The quantitative estimate of drug-likeness (QED) is 0.737. The largest absolute Gasteiger partial charge is 0.481 e. The van der Waals surface area contributed by atoms with E-state index >= 15 is 0 Å². The second-order valence-electron chi connectivity index (χ2n) is 7.66. The minimum atomic E-state index is -0.869. The van der Waals surface area contributed by atoms with E-state index in [0.717, 1.165) is 44.8 Å². The van der Waals surface area contributed by atoms with Gasteiger partial charge in [0.25, 0.3) is 5.91 Å². The highest BCUT2D eigenvalue weighted by atomic mass is 19.1. The second-order valence-corrected chi connectivity index (χ2v) is 7.66. The number of amides is 2. The maximum atomic E-state index is 14.8. The predicted molar refractivity (Wildman–Crippen MR) is 103 cm³/mol. The number of ether oxygens (including phenoxy) is 1. The van der Waals surface area contributed by atoms with Crippen molar-refractivity contribution in [1.29, 1.82) is 0 Å². The number of nitrogens with one attached hydrogen (secondary N) is 2. The lowest BCUT2D eigenvalue weighted by Crippen LogP contribution is -2.57. The van der Waals surface area contributed by atoms with Crippen LogP contribution >= 0.6 is 0 Å². The summed E-state index contributed by atoms with van der Waals surface area (Å²) in [4.78, 5) is 27.4. The summed E-state index contributed by atoms with van der Waals surface area (Å²) in [6.07, 6.45) is -0.0284. The van der Waals surface area contributed by atoms with Gasteiger partial charge in [0, 0.05) is 57.3 Å². The standard InChI is InChI=1S/C20H27FN4O3/c21-16-13-25(10-7-17(16)24-11-8-22-9-12-24)14-1-3-15(4-2-14)28-18-5-6-19(26)23-20(18)27/h1-4,16-18,22H,5-13H2,(H,23,26,27)/t16-,17+,18?/m0/s1. The Bertz CT molecular complexity index is 708. The summed E-state index contributed by atoms with van der Waals surface area (Å²) in [5.74, 6) is -0.0773. The molecule has 2 amide bonds. The number of carbonyl (C=O) groups excluding carboxylic acids is 2. The number of rotatable bonds is 4. The Morgan fingerprint density at radius 2 is 1.79 bits per heavy atom. The molecule has 1 unspecified atom stereocenters. The molecule has 0 saturated carbocycles. The van der Waals surface area contributed by atoms with Crippen molar-refractivity contribution in [1.82, 2.24) is 15.5 Å². The number of piperidine rings is 2. The summed E-state index contributed by atoms with van der Waals surface area (Å²) < 4.78 is 20.5. The van der Waals surface area contributed by atoms with Crippen LogP contribution in [0.2, 0.25) is 0 Å². The summed E-state index contributed by atoms with van der Waals surface area (Å²) in [6.45, 7) is 4.91. The average Bonchev–Trinajstić information content (AvgIpc) is 2.71. The molecule has 1 aromatic rings. The lowest BCUT2D eigenvalue weighted by atomic mass is 10.00. The number of hydrogen-bond acceptors (Lipinski definition) is 6. The fourth-order valence-electron chi connectivity index (χ4n) is 4.24. The number of halogens is 1. The molecule has 8 heteroatoms. The first kappa shape index (κ1) is 19.1. The van der Waals surface area contributed by atoms with Crippen LogP contribution in [0.3, 0.4) is 0 Å². The van der Waals surface area contributed by atoms with Crippen LogP contribution in [0.15, 0.2) is 24.3 Å². The number of benzene rings is 1. The molecule has 7 nitrogen and oxygen atoms in total. The molecule has 2 N–H and O–H groups in total. The van der Waals surface area contributed by atoms with Crippen LogP contribution in [0.1, 0.15) is 19.3 Å². The fourth-order valence-corrected chi connectivity index (χ4v) is 4.24. The summed E-state index contributed by atoms with van der Waals surface area (Å²) in [6, 6.07) is 7.41. The van der Waals surface area contributed by atoms with Crippen LogP contribution in [0.5, 0.6) is 5.75 Å². The highest BCUT2D eigenvalue weighted by molar-refractivity contribution is 5.99. The van der Waals surface area contributed by atoms with E-state index in [-0.39, 0.29) is 18.4 Å². The fraction of sp³-hybridized carbons (Fsp3) is 0.600. The minimum absolute atomic E-state index is 0.00785. The molecule has 1 aromatic carbocycles. The first-order chi connectivity index (χ1) is 13.6. The van der Waals surface area contributed by atoms with Gasteiger partial charge in [0.15, 0.2) is 6.10 Å². The number of nitrogens with zero attached hydrogens (tertiary/aromatic N) is 2. The van der Waals surface area contributed by atoms with Crippen molar-refractivity contribution in [3.8, 4) is 5.75 Å². The van der Waals surface area contributed by atoms with E-state index in [2.05, 4.69) is 20.4 Å². The molecule has 3 atom stereocenters. The summed E-state index contributed by atoms with van der Waals surface area (Å²) in [5, 5.41) is 5.60. The van der Waals surface area contributed by atoms with Gasteiger partial charge < -0.3 is 15.0 Å². The molecule has 3 aliphatic heterocycles. The van der Waals surface area contributed by atoms with Gasteiger partial charge in [-0.2, -0.15) is 0 Å². The Kier molecular flexibility index (Phi) is 5.77. The lowest BCUT2D eigenvalue weighted by Gasteiger charge is -2.43. The highest BCUT2D eigenvalue weighted by Gasteiger charge is 2.34. The van der Waals surface area contributed by atoms with E-state index in [4.69, 9.17) is 4.74 Å². The molecule has 0 aromatic heterocycles. The SMILES string of the molecule is O=C1CCC(Oc2ccc(N3CC[C@@H](N4CCNCC4)[C@@H](F)C3)cc2)C(=O)N1. The van der Waals surface area contributed by atoms with Crippen LogP contribution in [-0.4, -0.2) is 74.3 Å². The van der Waals surface area contributed by atoms with Gasteiger partial charge >= 0.3 is 0 Å². The van der Waals surface area contributed by atoms with Gasteiger partial charge in [-0.25, -0.2) is 4.39 Å². The van der Waals surface area contributed by atoms with Crippen LogP contribution in [0.25, 0.3) is 0 Å². The molecule has 3 aliphatic rings. The monoisotopic (exact) mass is 390 g/mol. The van der Waals surface area contributed by atoms with E-state index < -0.39 is 18.2 Å². The Labute approximate surface area is 164 Å². The second kappa shape index (κ2) is 8.45. The zero-order chi connectivity index (χ0) is 19.5. The third-order valence-electron chi connectivity index (χ3n) is 5.80. The van der Waals surface area contributed by atoms with Gasteiger partial charge in [-0.3, -0.25) is 19.8 Å². The third kappa shape index (κ3) is 4.28. The van der Waals surface area contributed by atoms with Crippen molar-refractivity contribution in [3.05, 3.63) is 24.3 Å². The maximum Gasteiger partial charge on any atom is 0.267 e. The third-order valence-corrected chi connectivity index (χ3v) is 5.80. The van der Waals surface area contributed by atoms with Crippen molar-refractivity contribution in [2.24, 2.45) is 0 Å². The molecule has 3 heterocycles. The molecule has 3 saturated heterocycles. The van der Waals surface area contributed by atoms with Crippen LogP contribution in [0.4, 0.5) is 10.1 Å². The highest BCUT2D eigenvalue weighted by Crippen LogP contribution is 2.27. The Balaban J connectivity index is 1.33. The molecule has 0 spiro atoms. The number of anilines is 1. The minimum Gasteiger partial charge on any atom is -0.481 e. The van der Waals surface area contributed by atoms with Crippen LogP contribution in [-0.2, 0) is 9.59 Å². The summed E-state index contributed by atoms with van der Waals surface area (Å²) >= 11 is 0. The molecule has 0 radical (unpaired) electrons. The molecule has 28 heavy (non-hydrogen) atoms. The predicted octanol–water partition coefficient (Wildman–Crippen LogP) is 0.693. The van der Waals surface area contributed by atoms with Crippen molar-refractivity contribution < 1.29 is 18.7 Å². The zero-order valence-electron chi connectivity index (χ0n) is 15.9. The smallest absolute Gasteiger partial charge is 0.267 e. The average molecular weight is 390 g/mol. The van der Waals surface area contributed by atoms with E-state index in [1.54, 1.807) is 12.1 Å². The van der Waals surface area contributed by atoms with Gasteiger partial charge in [0.05, 0.1) is 6.54 Å². The summed E-state index contributed by atoms with van der Waals surface area (Å²) in [5.41, 5.74) is 0.956. The van der Waals surface area contributed by atoms with Gasteiger partial charge in [0.1, 0.15) is 11.9 Å². The van der Waals surface area contributed by atoms with E-state index in [9.17, 15) is 14.0 Å². The number of carbonyl (C=O) groups is 2. The first-order valence-electron chi connectivity index (χ1n) is 10.0. The number of imide groups is 1. The Morgan fingerprint density at radius 3 is 2.46 bits per heavy atom. The van der Waals surface area contributed by atoms with Crippen LogP contribution in [0, 0.1) is 0 Å². The molecule has 0 bridgehead atoms. The topological polar surface area (TPSA) is 73.9 Å². The van der Waals surface area contributed by atoms with E-state index in [1.807, 2.05) is 12.1 Å². The van der Waals surface area contributed by atoms with E-state index in [0.29, 0.717) is 18.7 Å². The number of hydrogen-bond donors (Lipinski definition) is 2. The normalized spacial score (nSPS) is 29.5. The first-order valence-corrected chi connectivity index (χ1v) is 10.0. The molecule has 3 fully saturated rings. The van der Waals surface area contributed by atoms with E-state index in [1.165, 1.54) is 0 Å². The van der Waals surface area contributed by atoms with Crippen molar-refractivity contribution in [3.63, 3.8) is 0 Å². The van der Waals surface area contributed by atoms with Crippen LogP contribution < -0.4 is 20.3 Å².